The first-order chi connectivity index (χ1) is 10.6. The van der Waals surface area contributed by atoms with E-state index in [0.29, 0.717) is 5.82 Å². The summed E-state index contributed by atoms with van der Waals surface area (Å²) >= 11 is 0. The van der Waals surface area contributed by atoms with Crippen LogP contribution >= 0.6 is 0 Å². The molecule has 0 atom stereocenters. The number of amides is 1. The molecule has 3 rings (SSSR count). The minimum atomic E-state index is -0.977. The van der Waals surface area contributed by atoms with Crippen LogP contribution < -0.4 is 10.2 Å². The number of fused-ring (bicyclic) bond motifs is 1. The number of carboxylic acids is 1. The lowest BCUT2D eigenvalue weighted by molar-refractivity contribution is -0.137. The highest BCUT2D eigenvalue weighted by Gasteiger charge is 2.20. The van der Waals surface area contributed by atoms with Crippen molar-refractivity contribution in [3.8, 4) is 0 Å². The van der Waals surface area contributed by atoms with Crippen LogP contribution in [0.3, 0.4) is 0 Å². The molecule has 0 aliphatic carbocycles. The second-order valence-electron chi connectivity index (χ2n) is 5.14. The van der Waals surface area contributed by atoms with Crippen molar-refractivity contribution in [2.75, 3.05) is 23.3 Å². The lowest BCUT2D eigenvalue weighted by Crippen LogP contribution is -2.32. The molecule has 1 aliphatic rings. The topological polar surface area (TPSA) is 87.5 Å². The van der Waals surface area contributed by atoms with E-state index in [1.165, 1.54) is 16.4 Å². The van der Waals surface area contributed by atoms with Gasteiger partial charge in [0.2, 0.25) is 5.91 Å². The average molecular weight is 300 g/mol. The van der Waals surface area contributed by atoms with E-state index in [1.54, 1.807) is 6.07 Å². The molecule has 7 heteroatoms. The summed E-state index contributed by atoms with van der Waals surface area (Å²) in [5.74, 6) is -0.786. The van der Waals surface area contributed by atoms with Crippen LogP contribution in [0.5, 0.6) is 0 Å². The fraction of sp³-hybridized carbons (Fsp3) is 0.267. The number of hydrogen-bond donors (Lipinski definition) is 2. The third kappa shape index (κ3) is 3.08. The molecule has 1 aromatic carbocycles. The number of anilines is 2. The number of carbonyl (C=O) groups is 2. The van der Waals surface area contributed by atoms with Gasteiger partial charge in [-0.3, -0.25) is 14.3 Å². The van der Waals surface area contributed by atoms with Gasteiger partial charge < -0.3 is 15.3 Å². The first-order valence-corrected chi connectivity index (χ1v) is 7.00. The SMILES string of the molecule is O=C(O)Cn1ccc(NC(=O)CN2CCc3ccccc32)n1. The number of aromatic nitrogens is 2. The van der Waals surface area contributed by atoms with Gasteiger partial charge in [0.1, 0.15) is 6.54 Å². The number of para-hydroxylation sites is 1. The van der Waals surface area contributed by atoms with Crippen LogP contribution in [0.1, 0.15) is 5.56 Å². The summed E-state index contributed by atoms with van der Waals surface area (Å²) in [6, 6.07) is 9.62. The fourth-order valence-corrected chi connectivity index (χ4v) is 2.58. The molecule has 0 fully saturated rings. The minimum Gasteiger partial charge on any atom is -0.480 e. The molecule has 2 N–H and O–H groups in total. The zero-order chi connectivity index (χ0) is 15.5. The third-order valence-corrected chi connectivity index (χ3v) is 3.52. The zero-order valence-corrected chi connectivity index (χ0v) is 11.9. The summed E-state index contributed by atoms with van der Waals surface area (Å²) in [6.45, 7) is 0.846. The van der Waals surface area contributed by atoms with Gasteiger partial charge in [-0.05, 0) is 18.1 Å². The lowest BCUT2D eigenvalue weighted by Gasteiger charge is -2.18. The van der Waals surface area contributed by atoms with Crippen LogP contribution in [-0.4, -0.2) is 39.9 Å². The molecule has 0 saturated carbocycles. The van der Waals surface area contributed by atoms with Crippen LogP contribution in [0.25, 0.3) is 0 Å². The maximum atomic E-state index is 12.1. The Labute approximate surface area is 127 Å². The predicted octanol–water partition coefficient (Wildman–Crippen LogP) is 0.969. The van der Waals surface area contributed by atoms with Gasteiger partial charge in [0, 0.05) is 24.5 Å². The Morgan fingerprint density at radius 2 is 2.05 bits per heavy atom. The second kappa shape index (κ2) is 5.88. The van der Waals surface area contributed by atoms with Crippen molar-refractivity contribution in [2.45, 2.75) is 13.0 Å². The molecular weight excluding hydrogens is 284 g/mol. The zero-order valence-electron chi connectivity index (χ0n) is 11.9. The van der Waals surface area contributed by atoms with E-state index in [4.69, 9.17) is 5.11 Å². The van der Waals surface area contributed by atoms with Crippen molar-refractivity contribution < 1.29 is 14.7 Å². The van der Waals surface area contributed by atoms with E-state index in [1.807, 2.05) is 23.1 Å². The number of rotatable bonds is 5. The lowest BCUT2D eigenvalue weighted by atomic mass is 10.2. The summed E-state index contributed by atoms with van der Waals surface area (Å²) in [5, 5.41) is 15.4. The standard InChI is InChI=1S/C15H16N4O3/c20-14(16-13-6-8-19(17-13)10-15(21)22)9-18-7-5-11-3-1-2-4-12(11)18/h1-4,6,8H,5,7,9-10H2,(H,21,22)(H,16,17,20). The maximum Gasteiger partial charge on any atom is 0.325 e. The van der Waals surface area contributed by atoms with E-state index in [0.717, 1.165) is 18.7 Å². The predicted molar refractivity (Wildman–Crippen MR) is 80.9 cm³/mol. The van der Waals surface area contributed by atoms with Gasteiger partial charge in [0.15, 0.2) is 5.82 Å². The monoisotopic (exact) mass is 300 g/mol. The highest BCUT2D eigenvalue weighted by molar-refractivity contribution is 5.93. The van der Waals surface area contributed by atoms with Crippen molar-refractivity contribution in [3.05, 3.63) is 42.1 Å². The number of benzene rings is 1. The molecule has 0 spiro atoms. The Bertz CT molecular complexity index is 710. The molecule has 0 bridgehead atoms. The summed E-state index contributed by atoms with van der Waals surface area (Å²) in [6.07, 6.45) is 2.46. The van der Waals surface area contributed by atoms with Crippen molar-refractivity contribution in [1.29, 1.82) is 0 Å². The second-order valence-corrected chi connectivity index (χ2v) is 5.14. The third-order valence-electron chi connectivity index (χ3n) is 3.52. The molecule has 0 saturated heterocycles. The molecule has 1 amide bonds. The van der Waals surface area contributed by atoms with Crippen molar-refractivity contribution in [3.63, 3.8) is 0 Å². The molecule has 7 nitrogen and oxygen atoms in total. The number of hydrogen-bond acceptors (Lipinski definition) is 4. The summed E-state index contributed by atoms with van der Waals surface area (Å²) in [7, 11) is 0. The summed E-state index contributed by atoms with van der Waals surface area (Å²) in [5.41, 5.74) is 2.34. The molecule has 2 aromatic rings. The molecule has 0 radical (unpaired) electrons. The first-order valence-electron chi connectivity index (χ1n) is 7.00. The van der Waals surface area contributed by atoms with Gasteiger partial charge in [0.25, 0.3) is 0 Å². The Hall–Kier alpha value is -2.83. The van der Waals surface area contributed by atoms with Gasteiger partial charge >= 0.3 is 5.97 Å². The smallest absolute Gasteiger partial charge is 0.325 e. The summed E-state index contributed by atoms with van der Waals surface area (Å²) in [4.78, 5) is 24.7. The Kier molecular flexibility index (Phi) is 3.78. The summed E-state index contributed by atoms with van der Waals surface area (Å²) < 4.78 is 1.27. The molecular formula is C15H16N4O3. The number of nitrogens with one attached hydrogen (secondary N) is 1. The molecule has 1 aliphatic heterocycles. The van der Waals surface area contributed by atoms with Gasteiger partial charge in [-0.15, -0.1) is 0 Å². The maximum absolute atomic E-state index is 12.1. The minimum absolute atomic E-state index is 0.169. The highest BCUT2D eigenvalue weighted by atomic mass is 16.4. The van der Waals surface area contributed by atoms with Crippen molar-refractivity contribution in [1.82, 2.24) is 9.78 Å². The first kappa shape index (κ1) is 14.1. The number of carboxylic acid groups (broad SMARTS) is 1. The Morgan fingerprint density at radius 3 is 2.86 bits per heavy atom. The van der Waals surface area contributed by atoms with E-state index in [-0.39, 0.29) is 19.0 Å². The van der Waals surface area contributed by atoms with Crippen molar-refractivity contribution in [2.24, 2.45) is 0 Å². The molecule has 1 aromatic heterocycles. The molecule has 22 heavy (non-hydrogen) atoms. The fourth-order valence-electron chi connectivity index (χ4n) is 2.58. The molecule has 114 valence electrons. The average Bonchev–Trinajstić information content (AvgIpc) is 3.06. The van der Waals surface area contributed by atoms with Gasteiger partial charge in [-0.2, -0.15) is 5.10 Å². The van der Waals surface area contributed by atoms with Crippen LogP contribution in [0.2, 0.25) is 0 Å². The largest absolute Gasteiger partial charge is 0.480 e. The van der Waals surface area contributed by atoms with E-state index in [2.05, 4.69) is 16.5 Å². The van der Waals surface area contributed by atoms with Crippen LogP contribution in [0, 0.1) is 0 Å². The Morgan fingerprint density at radius 1 is 1.23 bits per heavy atom. The van der Waals surface area contributed by atoms with Crippen molar-refractivity contribution >= 4 is 23.4 Å². The highest BCUT2D eigenvalue weighted by Crippen LogP contribution is 2.26. The molecule has 0 unspecified atom stereocenters. The number of carbonyl (C=O) groups excluding carboxylic acids is 1. The van der Waals surface area contributed by atoms with Crippen LogP contribution in [-0.2, 0) is 22.6 Å². The van der Waals surface area contributed by atoms with E-state index >= 15 is 0 Å². The molecule has 2 heterocycles. The van der Waals surface area contributed by atoms with Crippen LogP contribution in [0.15, 0.2) is 36.5 Å². The van der Waals surface area contributed by atoms with Gasteiger partial charge in [-0.25, -0.2) is 0 Å². The van der Waals surface area contributed by atoms with Crippen LogP contribution in [0.4, 0.5) is 11.5 Å². The van der Waals surface area contributed by atoms with E-state index < -0.39 is 5.97 Å². The van der Waals surface area contributed by atoms with Gasteiger partial charge in [-0.1, -0.05) is 18.2 Å². The van der Waals surface area contributed by atoms with E-state index in [9.17, 15) is 9.59 Å². The quantitative estimate of drug-likeness (QED) is 0.859. The Balaban J connectivity index is 1.59. The normalized spacial score (nSPS) is 13.0. The number of nitrogens with zero attached hydrogens (tertiary/aromatic N) is 3. The van der Waals surface area contributed by atoms with Gasteiger partial charge in [0.05, 0.1) is 6.54 Å². The number of aliphatic carboxylic acids is 1.